The van der Waals surface area contributed by atoms with E-state index in [9.17, 15) is 0 Å². The molecule has 2 aromatic rings. The van der Waals surface area contributed by atoms with Crippen molar-refractivity contribution in [2.24, 2.45) is 0 Å². The molecule has 1 aliphatic heterocycles. The Balaban J connectivity index is 1.25. The highest BCUT2D eigenvalue weighted by molar-refractivity contribution is 5.87. The molecule has 2 aliphatic rings. The van der Waals surface area contributed by atoms with Crippen molar-refractivity contribution in [1.29, 1.82) is 0 Å². The summed E-state index contributed by atoms with van der Waals surface area (Å²) in [7, 11) is 0. The minimum atomic E-state index is 0.721. The van der Waals surface area contributed by atoms with Gasteiger partial charge in [0.25, 0.3) is 0 Å². The van der Waals surface area contributed by atoms with Crippen LogP contribution in [-0.4, -0.2) is 29.6 Å². The number of nitrogens with zero attached hydrogens (tertiary/aromatic N) is 2. The molecular weight excluding hydrogens is 320 g/mol. The van der Waals surface area contributed by atoms with Crippen LogP contribution in [0.5, 0.6) is 5.75 Å². The number of allylic oxidation sites excluding steroid dienone is 6. The van der Waals surface area contributed by atoms with Gasteiger partial charge in [-0.1, -0.05) is 36.4 Å². The highest BCUT2D eigenvalue weighted by Crippen LogP contribution is 2.25. The molecule has 1 aliphatic carbocycles. The first-order chi connectivity index (χ1) is 12.9. The minimum Gasteiger partial charge on any atom is -0.493 e. The van der Waals surface area contributed by atoms with Gasteiger partial charge in [0, 0.05) is 36.3 Å². The number of hydrogen-bond donors (Lipinski definition) is 0. The monoisotopic (exact) mass is 344 g/mol. The lowest BCUT2D eigenvalue weighted by Gasteiger charge is -2.24. The number of aromatic nitrogens is 1. The SMILES string of the molecule is C1=CCC(C2=CCN(CCCOc3cccc4cnccc34)C=C2)=CC1. The molecule has 4 rings (SSSR count). The fraction of sp³-hybridized carbons (Fsp3) is 0.261. The van der Waals surface area contributed by atoms with Crippen LogP contribution >= 0.6 is 0 Å². The average molecular weight is 344 g/mol. The number of benzene rings is 1. The molecule has 0 unspecified atom stereocenters. The number of fused-ring (bicyclic) bond motifs is 1. The van der Waals surface area contributed by atoms with Gasteiger partial charge >= 0.3 is 0 Å². The first-order valence-corrected chi connectivity index (χ1v) is 9.32. The Morgan fingerprint density at radius 3 is 2.96 bits per heavy atom. The lowest BCUT2D eigenvalue weighted by molar-refractivity contribution is 0.285. The maximum Gasteiger partial charge on any atom is 0.127 e. The fourth-order valence-corrected chi connectivity index (χ4v) is 3.44. The smallest absolute Gasteiger partial charge is 0.127 e. The molecule has 0 spiro atoms. The molecular formula is C23H24N2O. The van der Waals surface area contributed by atoms with Gasteiger partial charge < -0.3 is 9.64 Å². The topological polar surface area (TPSA) is 25.4 Å². The lowest BCUT2D eigenvalue weighted by atomic mass is 9.96. The molecule has 0 atom stereocenters. The van der Waals surface area contributed by atoms with E-state index in [-0.39, 0.29) is 0 Å². The standard InChI is InChI=1S/C23H24N2O/c1-2-6-19(7-3-1)20-11-15-25(16-12-20)14-5-17-26-23-9-4-8-21-18-24-13-10-22(21)23/h1-2,4,7-13,15,18H,3,5-6,14,16-17H2. The van der Waals surface area contributed by atoms with Gasteiger partial charge in [0.05, 0.1) is 6.61 Å². The van der Waals surface area contributed by atoms with E-state index in [1.807, 2.05) is 30.6 Å². The Hall–Kier alpha value is -2.81. The molecule has 1 aromatic heterocycles. The predicted molar refractivity (Wildman–Crippen MR) is 107 cm³/mol. The molecule has 26 heavy (non-hydrogen) atoms. The first kappa shape index (κ1) is 16.6. The van der Waals surface area contributed by atoms with Crippen LogP contribution in [0.3, 0.4) is 0 Å². The predicted octanol–water partition coefficient (Wildman–Crippen LogP) is 5.04. The maximum absolute atomic E-state index is 6.02. The highest BCUT2D eigenvalue weighted by Gasteiger charge is 2.09. The molecule has 1 aromatic carbocycles. The van der Waals surface area contributed by atoms with Crippen LogP contribution in [0.2, 0.25) is 0 Å². The van der Waals surface area contributed by atoms with Gasteiger partial charge in [-0.3, -0.25) is 4.98 Å². The summed E-state index contributed by atoms with van der Waals surface area (Å²) in [6, 6.07) is 8.13. The highest BCUT2D eigenvalue weighted by atomic mass is 16.5. The summed E-state index contributed by atoms with van der Waals surface area (Å²) in [5.74, 6) is 0.943. The summed E-state index contributed by atoms with van der Waals surface area (Å²) in [5, 5.41) is 2.25. The Bertz CT molecular complexity index is 887. The van der Waals surface area contributed by atoms with Crippen molar-refractivity contribution >= 4 is 10.8 Å². The third-order valence-corrected chi connectivity index (χ3v) is 4.87. The molecule has 3 nitrogen and oxygen atoms in total. The van der Waals surface area contributed by atoms with Crippen LogP contribution in [0.1, 0.15) is 19.3 Å². The van der Waals surface area contributed by atoms with Crippen molar-refractivity contribution in [1.82, 2.24) is 9.88 Å². The second-order valence-electron chi connectivity index (χ2n) is 6.67. The third kappa shape index (κ3) is 3.88. The van der Waals surface area contributed by atoms with Gasteiger partial charge in [-0.2, -0.15) is 0 Å². The van der Waals surface area contributed by atoms with Gasteiger partial charge in [0.1, 0.15) is 5.75 Å². The van der Waals surface area contributed by atoms with Gasteiger partial charge in [0.15, 0.2) is 0 Å². The number of rotatable bonds is 6. The molecule has 132 valence electrons. The van der Waals surface area contributed by atoms with Crippen molar-refractivity contribution in [2.45, 2.75) is 19.3 Å². The van der Waals surface area contributed by atoms with Gasteiger partial charge in [0.2, 0.25) is 0 Å². The first-order valence-electron chi connectivity index (χ1n) is 9.32. The third-order valence-electron chi connectivity index (χ3n) is 4.87. The summed E-state index contributed by atoms with van der Waals surface area (Å²) in [4.78, 5) is 6.51. The van der Waals surface area contributed by atoms with E-state index in [0.717, 1.165) is 55.5 Å². The maximum atomic E-state index is 6.02. The molecule has 0 radical (unpaired) electrons. The molecule has 0 bridgehead atoms. The van der Waals surface area contributed by atoms with Gasteiger partial charge in [-0.05, 0) is 54.8 Å². The quantitative estimate of drug-likeness (QED) is 0.542. The summed E-state index contributed by atoms with van der Waals surface area (Å²) < 4.78 is 6.02. The van der Waals surface area contributed by atoms with Crippen LogP contribution in [0, 0.1) is 0 Å². The van der Waals surface area contributed by atoms with Crippen LogP contribution in [0.4, 0.5) is 0 Å². The zero-order valence-corrected chi connectivity index (χ0v) is 15.0. The zero-order valence-electron chi connectivity index (χ0n) is 15.0. The van der Waals surface area contributed by atoms with E-state index >= 15 is 0 Å². The average Bonchev–Trinajstić information content (AvgIpc) is 2.72. The van der Waals surface area contributed by atoms with Gasteiger partial charge in [-0.25, -0.2) is 0 Å². The number of hydrogen-bond acceptors (Lipinski definition) is 3. The van der Waals surface area contributed by atoms with E-state index in [0.29, 0.717) is 0 Å². The van der Waals surface area contributed by atoms with Crippen molar-refractivity contribution in [3.05, 3.63) is 84.4 Å². The Kier molecular flexibility index (Phi) is 5.15. The summed E-state index contributed by atoms with van der Waals surface area (Å²) >= 11 is 0. The van der Waals surface area contributed by atoms with Crippen LogP contribution in [0.25, 0.3) is 10.8 Å². The van der Waals surface area contributed by atoms with E-state index in [2.05, 4.69) is 52.5 Å². The molecule has 0 saturated heterocycles. The molecule has 2 heterocycles. The Labute approximate surface area is 155 Å². The molecule has 0 N–H and O–H groups in total. The second kappa shape index (κ2) is 8.05. The fourth-order valence-electron chi connectivity index (χ4n) is 3.44. The van der Waals surface area contributed by atoms with Crippen molar-refractivity contribution in [3.63, 3.8) is 0 Å². The molecule has 3 heteroatoms. The lowest BCUT2D eigenvalue weighted by Crippen LogP contribution is -2.22. The van der Waals surface area contributed by atoms with Gasteiger partial charge in [-0.15, -0.1) is 0 Å². The zero-order chi connectivity index (χ0) is 17.6. The molecule has 0 fully saturated rings. The second-order valence-corrected chi connectivity index (χ2v) is 6.67. The van der Waals surface area contributed by atoms with E-state index in [4.69, 9.17) is 4.74 Å². The van der Waals surface area contributed by atoms with E-state index in [1.54, 1.807) is 0 Å². The van der Waals surface area contributed by atoms with Crippen LogP contribution < -0.4 is 4.74 Å². The Morgan fingerprint density at radius 1 is 1.12 bits per heavy atom. The normalized spacial score (nSPS) is 16.5. The summed E-state index contributed by atoms with van der Waals surface area (Å²) in [5.41, 5.74) is 2.84. The van der Waals surface area contributed by atoms with Crippen molar-refractivity contribution < 1.29 is 4.74 Å². The van der Waals surface area contributed by atoms with Crippen LogP contribution in [-0.2, 0) is 0 Å². The van der Waals surface area contributed by atoms with E-state index < -0.39 is 0 Å². The summed E-state index contributed by atoms with van der Waals surface area (Å²) in [6.07, 6.45) is 20.4. The van der Waals surface area contributed by atoms with E-state index in [1.165, 1.54) is 11.1 Å². The Morgan fingerprint density at radius 2 is 2.12 bits per heavy atom. The minimum absolute atomic E-state index is 0.721. The molecule has 0 amide bonds. The molecule has 0 saturated carbocycles. The van der Waals surface area contributed by atoms with Crippen LogP contribution in [0.15, 0.2) is 84.4 Å². The largest absolute Gasteiger partial charge is 0.493 e. The number of ether oxygens (including phenoxy) is 1. The summed E-state index contributed by atoms with van der Waals surface area (Å²) in [6.45, 7) is 2.71. The van der Waals surface area contributed by atoms with Crippen molar-refractivity contribution in [3.8, 4) is 5.75 Å². The number of pyridine rings is 1. The van der Waals surface area contributed by atoms with Crippen molar-refractivity contribution in [2.75, 3.05) is 19.7 Å².